The summed E-state index contributed by atoms with van der Waals surface area (Å²) in [6.45, 7) is 10.4. The minimum absolute atomic E-state index is 0. The lowest BCUT2D eigenvalue weighted by atomic mass is 10.0. The van der Waals surface area contributed by atoms with Crippen LogP contribution in [0.15, 0.2) is 91.8 Å². The molecule has 0 bridgehead atoms. The smallest absolute Gasteiger partial charge is 0.168 e. The Morgan fingerprint density at radius 1 is 0.174 bits per heavy atom. The van der Waals surface area contributed by atoms with Crippen molar-refractivity contribution in [2.45, 2.75) is 310 Å². The molecule has 0 atom stereocenters. The van der Waals surface area contributed by atoms with E-state index in [1.165, 1.54) is 289 Å². The van der Waals surface area contributed by atoms with E-state index in [4.69, 9.17) is 0 Å². The van der Waals surface area contributed by atoms with E-state index in [1.54, 1.807) is 0 Å². The summed E-state index contributed by atoms with van der Waals surface area (Å²) in [4.78, 5) is 0. The van der Waals surface area contributed by atoms with Gasteiger partial charge in [-0.15, -0.1) is 0 Å². The molecule has 0 aromatic carbocycles. The summed E-state index contributed by atoms with van der Waals surface area (Å²) in [5.74, 6) is 0. The SMILES string of the molecule is CCCCCCCCCCCCCCCC[n+]1ccccc1.CCCCCCCCCCCCCCCC[n+]1ccccc1.CCCCCCCCCCCCCCCC[n+]1ccccc1.[Br-].[Br-].[Br-]. The van der Waals surface area contributed by atoms with Gasteiger partial charge >= 0.3 is 0 Å². The third kappa shape index (κ3) is 56.0. The fourth-order valence-corrected chi connectivity index (χ4v) is 9.22. The molecular formula is C63H114Br3N3. The number of aryl methyl sites for hydroxylation is 3. The standard InChI is InChI=1S/3C21H38N.3BrH/c3*1-2-3-4-5-6-7-8-9-10-11-12-13-14-16-19-22-20-17-15-18-21-22;;;/h3*15,17-18,20-21H,2-14,16,19H2,1H3;3*1H/q3*+1;;;/p-3. The lowest BCUT2D eigenvalue weighted by Gasteiger charge is -2.02. The van der Waals surface area contributed by atoms with Crippen LogP contribution in [-0.2, 0) is 19.6 Å². The van der Waals surface area contributed by atoms with Crippen molar-refractivity contribution < 1.29 is 64.6 Å². The van der Waals surface area contributed by atoms with Crippen LogP contribution in [0.5, 0.6) is 0 Å². The van der Waals surface area contributed by atoms with E-state index in [0.29, 0.717) is 0 Å². The Bertz CT molecular complexity index is 1140. The van der Waals surface area contributed by atoms with Crippen LogP contribution in [0.25, 0.3) is 0 Å². The van der Waals surface area contributed by atoms with Gasteiger partial charge in [0.2, 0.25) is 0 Å². The second-order valence-corrected chi connectivity index (χ2v) is 20.1. The molecule has 0 amide bonds. The van der Waals surface area contributed by atoms with Crippen molar-refractivity contribution in [1.29, 1.82) is 0 Å². The van der Waals surface area contributed by atoms with E-state index >= 15 is 0 Å². The zero-order chi connectivity index (χ0) is 47.2. The first kappa shape index (κ1) is 72.1. The van der Waals surface area contributed by atoms with Crippen molar-refractivity contribution in [2.24, 2.45) is 0 Å². The molecule has 0 aliphatic rings. The molecule has 0 radical (unpaired) electrons. The Hall–Kier alpha value is -1.11. The Morgan fingerprint density at radius 3 is 0.449 bits per heavy atom. The van der Waals surface area contributed by atoms with E-state index in [9.17, 15) is 0 Å². The molecule has 0 aliphatic carbocycles. The Balaban J connectivity index is -0.000000927. The number of rotatable bonds is 45. The first-order valence-corrected chi connectivity index (χ1v) is 29.6. The summed E-state index contributed by atoms with van der Waals surface area (Å²) >= 11 is 0. The number of unbranched alkanes of at least 4 members (excludes halogenated alkanes) is 39. The minimum atomic E-state index is 0. The maximum Gasteiger partial charge on any atom is 0.168 e. The van der Waals surface area contributed by atoms with Gasteiger partial charge < -0.3 is 50.9 Å². The van der Waals surface area contributed by atoms with Crippen LogP contribution < -0.4 is 64.6 Å². The molecule has 3 aromatic heterocycles. The average Bonchev–Trinajstić information content (AvgIpc) is 3.35. The van der Waals surface area contributed by atoms with Gasteiger partial charge in [-0.25, -0.2) is 13.7 Å². The second kappa shape index (κ2) is 63.0. The number of pyridine rings is 3. The van der Waals surface area contributed by atoms with Gasteiger partial charge in [-0.3, -0.25) is 0 Å². The lowest BCUT2D eigenvalue weighted by Crippen LogP contribution is -3.00. The van der Waals surface area contributed by atoms with Crippen molar-refractivity contribution >= 4 is 0 Å². The van der Waals surface area contributed by atoms with E-state index in [0.717, 1.165) is 0 Å². The number of aromatic nitrogens is 3. The summed E-state index contributed by atoms with van der Waals surface area (Å²) in [6.07, 6.45) is 73.3. The number of hydrogen-bond donors (Lipinski definition) is 0. The number of halogens is 3. The molecule has 0 unspecified atom stereocenters. The minimum Gasteiger partial charge on any atom is -1.00 e. The highest BCUT2D eigenvalue weighted by Crippen LogP contribution is 2.16. The predicted octanol–water partition coefficient (Wildman–Crippen LogP) is 10.4. The van der Waals surface area contributed by atoms with Gasteiger partial charge in [0.1, 0.15) is 19.6 Å². The van der Waals surface area contributed by atoms with Crippen LogP contribution in [0.1, 0.15) is 290 Å². The fourth-order valence-electron chi connectivity index (χ4n) is 9.22. The lowest BCUT2D eigenvalue weighted by molar-refractivity contribution is -0.697. The third-order valence-electron chi connectivity index (χ3n) is 13.6. The van der Waals surface area contributed by atoms with Gasteiger partial charge in [0.15, 0.2) is 37.2 Å². The predicted molar refractivity (Wildman–Crippen MR) is 291 cm³/mol. The maximum absolute atomic E-state index is 2.29. The van der Waals surface area contributed by atoms with Crippen LogP contribution in [0.3, 0.4) is 0 Å². The largest absolute Gasteiger partial charge is 1.00 e. The number of nitrogens with zero attached hydrogens (tertiary/aromatic N) is 3. The maximum atomic E-state index is 2.29. The molecule has 3 nitrogen and oxygen atoms in total. The van der Waals surface area contributed by atoms with Gasteiger partial charge in [0.05, 0.1) is 0 Å². The topological polar surface area (TPSA) is 11.6 Å². The molecule has 0 saturated carbocycles. The molecule has 0 N–H and O–H groups in total. The van der Waals surface area contributed by atoms with Crippen LogP contribution in [0.2, 0.25) is 0 Å². The van der Waals surface area contributed by atoms with E-state index < -0.39 is 0 Å². The summed E-state index contributed by atoms with van der Waals surface area (Å²) in [7, 11) is 0. The van der Waals surface area contributed by atoms with Crippen LogP contribution >= 0.6 is 0 Å². The molecule has 3 rings (SSSR count). The second-order valence-electron chi connectivity index (χ2n) is 20.1. The van der Waals surface area contributed by atoms with E-state index in [1.807, 2.05) is 0 Å². The molecule has 0 fully saturated rings. The molecule has 0 aliphatic heterocycles. The molecule has 0 saturated heterocycles. The highest BCUT2D eigenvalue weighted by molar-refractivity contribution is 4.84. The van der Waals surface area contributed by atoms with Gasteiger partial charge in [-0.2, -0.15) is 0 Å². The van der Waals surface area contributed by atoms with Gasteiger partial charge in [-0.05, 0) is 19.3 Å². The highest BCUT2D eigenvalue weighted by atomic mass is 79.9. The van der Waals surface area contributed by atoms with Crippen molar-refractivity contribution in [3.63, 3.8) is 0 Å². The Morgan fingerprint density at radius 2 is 0.304 bits per heavy atom. The van der Waals surface area contributed by atoms with Gasteiger partial charge in [-0.1, -0.05) is 270 Å². The monoisotopic (exact) mass is 1150 g/mol. The fraction of sp³-hybridized carbons (Fsp3) is 0.762. The van der Waals surface area contributed by atoms with Crippen LogP contribution in [0, 0.1) is 0 Å². The molecule has 402 valence electrons. The average molecular weight is 1150 g/mol. The molecule has 0 spiro atoms. The Kier molecular flexibility index (Phi) is 65.9. The molecule has 69 heavy (non-hydrogen) atoms. The van der Waals surface area contributed by atoms with Crippen molar-refractivity contribution in [2.75, 3.05) is 0 Å². The zero-order valence-corrected chi connectivity index (χ0v) is 50.7. The molecular weight excluding hydrogens is 1040 g/mol. The summed E-state index contributed by atoms with van der Waals surface area (Å²) in [6, 6.07) is 18.9. The zero-order valence-electron chi connectivity index (χ0n) is 46.0. The quantitative estimate of drug-likeness (QED) is 0.0395. The van der Waals surface area contributed by atoms with Crippen molar-refractivity contribution in [3.8, 4) is 0 Å². The summed E-state index contributed by atoms with van der Waals surface area (Å²) < 4.78 is 6.88. The number of hydrogen-bond acceptors (Lipinski definition) is 0. The van der Waals surface area contributed by atoms with Crippen LogP contribution in [-0.4, -0.2) is 0 Å². The molecule has 6 heteroatoms. The summed E-state index contributed by atoms with van der Waals surface area (Å²) in [5.41, 5.74) is 0. The first-order chi connectivity index (χ1) is 32.8. The van der Waals surface area contributed by atoms with Crippen molar-refractivity contribution in [1.82, 2.24) is 0 Å². The Labute approximate surface area is 463 Å². The highest BCUT2D eigenvalue weighted by Gasteiger charge is 2.01. The van der Waals surface area contributed by atoms with E-state index in [2.05, 4.69) is 126 Å². The van der Waals surface area contributed by atoms with Gasteiger partial charge in [0, 0.05) is 55.7 Å². The first-order valence-electron chi connectivity index (χ1n) is 29.6. The van der Waals surface area contributed by atoms with Crippen molar-refractivity contribution in [3.05, 3.63) is 91.8 Å². The van der Waals surface area contributed by atoms with E-state index in [-0.39, 0.29) is 50.9 Å². The normalized spacial score (nSPS) is 10.5. The molecule has 3 heterocycles. The van der Waals surface area contributed by atoms with Crippen LogP contribution in [0.4, 0.5) is 0 Å². The third-order valence-corrected chi connectivity index (χ3v) is 13.6. The van der Waals surface area contributed by atoms with Gasteiger partial charge in [0.25, 0.3) is 0 Å². The summed E-state index contributed by atoms with van der Waals surface area (Å²) in [5, 5.41) is 0. The molecule has 3 aromatic rings.